The summed E-state index contributed by atoms with van der Waals surface area (Å²) < 4.78 is 5.74. The van der Waals surface area contributed by atoms with Crippen molar-refractivity contribution >= 4 is 17.2 Å². The maximum Gasteiger partial charge on any atom is 0.140 e. The van der Waals surface area contributed by atoms with Crippen LogP contribution in [0.4, 0.5) is 0 Å². The average molecular weight is 289 g/mol. The Morgan fingerprint density at radius 3 is 2.75 bits per heavy atom. The minimum absolute atomic E-state index is 0.0769. The van der Waals surface area contributed by atoms with E-state index >= 15 is 0 Å². The van der Waals surface area contributed by atoms with Crippen LogP contribution in [0, 0.1) is 12.3 Å². The zero-order chi connectivity index (χ0) is 14.7. The smallest absolute Gasteiger partial charge is 0.140 e. The first kappa shape index (κ1) is 14.5. The van der Waals surface area contributed by atoms with Crippen LogP contribution in [0.25, 0.3) is 0 Å². The number of nitrogens with two attached hydrogens (primary N) is 1. The SMILES string of the molecule is Cc1cccc(OCc2nc(C(C)C)c(C(=N)N)s2)c1. The van der Waals surface area contributed by atoms with Crippen LogP contribution in [-0.4, -0.2) is 10.8 Å². The number of aryl methyl sites for hydroxylation is 1. The summed E-state index contributed by atoms with van der Waals surface area (Å²) in [6.07, 6.45) is 0. The van der Waals surface area contributed by atoms with Crippen molar-refractivity contribution in [3.05, 3.63) is 45.4 Å². The summed E-state index contributed by atoms with van der Waals surface area (Å²) in [5, 5.41) is 8.46. The molecular formula is C15H19N3OS. The van der Waals surface area contributed by atoms with E-state index in [-0.39, 0.29) is 11.8 Å². The van der Waals surface area contributed by atoms with Gasteiger partial charge in [-0.1, -0.05) is 26.0 Å². The summed E-state index contributed by atoms with van der Waals surface area (Å²) in [5.41, 5.74) is 7.65. The molecule has 1 aromatic heterocycles. The molecule has 20 heavy (non-hydrogen) atoms. The highest BCUT2D eigenvalue weighted by atomic mass is 32.1. The number of aromatic nitrogens is 1. The van der Waals surface area contributed by atoms with E-state index in [2.05, 4.69) is 4.98 Å². The molecule has 0 amide bonds. The molecule has 1 heterocycles. The van der Waals surface area contributed by atoms with E-state index < -0.39 is 0 Å². The molecule has 0 saturated carbocycles. The molecule has 0 bridgehead atoms. The van der Waals surface area contributed by atoms with Gasteiger partial charge in [-0.05, 0) is 30.5 Å². The third kappa shape index (κ3) is 3.36. The lowest BCUT2D eigenvalue weighted by Gasteiger charge is -2.04. The van der Waals surface area contributed by atoms with Crippen LogP contribution in [-0.2, 0) is 6.61 Å². The zero-order valence-corrected chi connectivity index (χ0v) is 12.8. The van der Waals surface area contributed by atoms with Crippen molar-refractivity contribution in [1.29, 1.82) is 5.41 Å². The largest absolute Gasteiger partial charge is 0.486 e. The Balaban J connectivity index is 2.14. The Kier molecular flexibility index (Phi) is 4.39. The number of hydrogen-bond acceptors (Lipinski definition) is 4. The second-order valence-corrected chi connectivity index (χ2v) is 6.08. The van der Waals surface area contributed by atoms with Gasteiger partial charge >= 0.3 is 0 Å². The monoisotopic (exact) mass is 289 g/mol. The summed E-state index contributed by atoms with van der Waals surface area (Å²) in [4.78, 5) is 5.29. The van der Waals surface area contributed by atoms with Crippen LogP contribution < -0.4 is 10.5 Å². The van der Waals surface area contributed by atoms with Crippen molar-refractivity contribution in [1.82, 2.24) is 4.98 Å². The van der Waals surface area contributed by atoms with Crippen LogP contribution >= 0.6 is 11.3 Å². The molecule has 0 spiro atoms. The Hall–Kier alpha value is -1.88. The fourth-order valence-corrected chi connectivity index (χ4v) is 2.87. The van der Waals surface area contributed by atoms with E-state index in [1.165, 1.54) is 11.3 Å². The van der Waals surface area contributed by atoms with Gasteiger partial charge in [0, 0.05) is 0 Å². The van der Waals surface area contributed by atoms with Crippen LogP contribution in [0.3, 0.4) is 0 Å². The van der Waals surface area contributed by atoms with Crippen LogP contribution in [0.2, 0.25) is 0 Å². The molecule has 2 rings (SSSR count). The van der Waals surface area contributed by atoms with E-state index in [1.807, 2.05) is 45.0 Å². The topological polar surface area (TPSA) is 72.0 Å². The van der Waals surface area contributed by atoms with Crippen molar-refractivity contribution < 1.29 is 4.74 Å². The van der Waals surface area contributed by atoms with Gasteiger partial charge in [0.25, 0.3) is 0 Å². The summed E-state index contributed by atoms with van der Waals surface area (Å²) in [6.45, 7) is 6.53. The molecule has 0 saturated heterocycles. The first-order valence-electron chi connectivity index (χ1n) is 6.51. The lowest BCUT2D eigenvalue weighted by Crippen LogP contribution is -2.12. The van der Waals surface area contributed by atoms with E-state index in [0.29, 0.717) is 6.61 Å². The number of thiazole rings is 1. The van der Waals surface area contributed by atoms with Gasteiger partial charge in [0.15, 0.2) is 0 Å². The van der Waals surface area contributed by atoms with Crippen LogP contribution in [0.1, 0.15) is 40.9 Å². The quantitative estimate of drug-likeness (QED) is 0.654. The van der Waals surface area contributed by atoms with Gasteiger partial charge < -0.3 is 10.5 Å². The average Bonchev–Trinajstić information content (AvgIpc) is 2.81. The minimum Gasteiger partial charge on any atom is -0.486 e. The zero-order valence-electron chi connectivity index (χ0n) is 11.9. The molecule has 0 radical (unpaired) electrons. The molecule has 3 N–H and O–H groups in total. The third-order valence-electron chi connectivity index (χ3n) is 2.84. The molecule has 4 nitrogen and oxygen atoms in total. The second-order valence-electron chi connectivity index (χ2n) is 5.00. The van der Waals surface area contributed by atoms with Gasteiger partial charge in [-0.2, -0.15) is 0 Å². The Morgan fingerprint density at radius 2 is 2.20 bits per heavy atom. The maximum atomic E-state index is 7.61. The molecule has 2 aromatic rings. The van der Waals surface area contributed by atoms with Crippen molar-refractivity contribution in [3.63, 3.8) is 0 Å². The molecule has 0 unspecified atom stereocenters. The van der Waals surface area contributed by atoms with E-state index in [1.54, 1.807) is 0 Å². The normalized spacial score (nSPS) is 10.8. The second kappa shape index (κ2) is 6.05. The Bertz CT molecular complexity index is 619. The lowest BCUT2D eigenvalue weighted by atomic mass is 10.1. The maximum absolute atomic E-state index is 7.61. The molecule has 0 aliphatic rings. The highest BCUT2D eigenvalue weighted by Crippen LogP contribution is 2.25. The number of benzene rings is 1. The predicted molar refractivity (Wildman–Crippen MR) is 82.7 cm³/mol. The van der Waals surface area contributed by atoms with Gasteiger partial charge in [-0.15, -0.1) is 11.3 Å². The number of rotatable bonds is 5. The number of amidine groups is 1. The van der Waals surface area contributed by atoms with Crippen molar-refractivity contribution in [2.75, 3.05) is 0 Å². The fraction of sp³-hybridized carbons (Fsp3) is 0.333. The van der Waals surface area contributed by atoms with Crippen LogP contribution in [0.15, 0.2) is 24.3 Å². The Labute approximate surface area is 123 Å². The molecule has 5 heteroatoms. The lowest BCUT2D eigenvalue weighted by molar-refractivity contribution is 0.305. The molecule has 1 aromatic carbocycles. The molecule has 0 aliphatic carbocycles. The Morgan fingerprint density at radius 1 is 1.45 bits per heavy atom. The van der Waals surface area contributed by atoms with Crippen LogP contribution in [0.5, 0.6) is 5.75 Å². The first-order chi connectivity index (χ1) is 9.47. The first-order valence-corrected chi connectivity index (χ1v) is 7.32. The third-order valence-corrected chi connectivity index (χ3v) is 3.92. The van der Waals surface area contributed by atoms with Gasteiger partial charge in [0.05, 0.1) is 10.6 Å². The summed E-state index contributed by atoms with van der Waals surface area (Å²) in [5.74, 6) is 1.15. The highest BCUT2D eigenvalue weighted by molar-refractivity contribution is 7.13. The summed E-state index contributed by atoms with van der Waals surface area (Å²) in [6, 6.07) is 7.91. The van der Waals surface area contributed by atoms with Crippen molar-refractivity contribution in [3.8, 4) is 5.75 Å². The number of nitrogen functional groups attached to an aromatic ring is 1. The fourth-order valence-electron chi connectivity index (χ4n) is 1.87. The molecule has 0 atom stereocenters. The number of hydrogen-bond donors (Lipinski definition) is 2. The number of ether oxygens (including phenoxy) is 1. The molecule has 0 aliphatic heterocycles. The van der Waals surface area contributed by atoms with Crippen molar-refractivity contribution in [2.24, 2.45) is 5.73 Å². The standard InChI is InChI=1S/C15H19N3OS/c1-9(2)13-14(15(16)17)20-12(18-13)8-19-11-6-4-5-10(3)7-11/h4-7,9H,8H2,1-3H3,(H3,16,17). The molecule has 106 valence electrons. The van der Waals surface area contributed by atoms with E-state index in [0.717, 1.165) is 26.9 Å². The van der Waals surface area contributed by atoms with E-state index in [9.17, 15) is 0 Å². The van der Waals surface area contributed by atoms with Gasteiger partial charge in [0.2, 0.25) is 0 Å². The highest BCUT2D eigenvalue weighted by Gasteiger charge is 2.16. The summed E-state index contributed by atoms with van der Waals surface area (Å²) in [7, 11) is 0. The minimum atomic E-state index is 0.0769. The van der Waals surface area contributed by atoms with Gasteiger partial charge in [-0.25, -0.2) is 4.98 Å². The van der Waals surface area contributed by atoms with Gasteiger partial charge in [-0.3, -0.25) is 5.41 Å². The predicted octanol–water partition coefficient (Wildman–Crippen LogP) is 3.44. The van der Waals surface area contributed by atoms with Crippen molar-refractivity contribution in [2.45, 2.75) is 33.3 Å². The molecular weight excluding hydrogens is 270 g/mol. The number of nitrogens with zero attached hydrogens (tertiary/aromatic N) is 1. The number of nitrogens with one attached hydrogen (secondary N) is 1. The molecule has 0 fully saturated rings. The summed E-state index contributed by atoms with van der Waals surface area (Å²) >= 11 is 1.43. The van der Waals surface area contributed by atoms with E-state index in [4.69, 9.17) is 15.9 Å². The van der Waals surface area contributed by atoms with Gasteiger partial charge in [0.1, 0.15) is 23.2 Å².